The lowest BCUT2D eigenvalue weighted by Gasteiger charge is -2.13. The number of rotatable bonds is 7. The highest BCUT2D eigenvalue weighted by Crippen LogP contribution is 2.18. The second-order valence-corrected chi connectivity index (χ2v) is 6.65. The third-order valence-corrected chi connectivity index (χ3v) is 4.34. The van der Waals surface area contributed by atoms with Gasteiger partial charge in [-0.25, -0.2) is 0 Å². The highest BCUT2D eigenvalue weighted by atomic mass is 35.5. The largest absolute Gasteiger partial charge is 0.453 e. The molecule has 24 heavy (non-hydrogen) atoms. The third kappa shape index (κ3) is 6.26. The van der Waals surface area contributed by atoms with Crippen molar-refractivity contribution in [3.8, 4) is 0 Å². The van der Waals surface area contributed by atoms with Crippen molar-refractivity contribution in [2.24, 2.45) is 0 Å². The second-order valence-electron chi connectivity index (χ2n) is 5.04. The number of carbonyl (C=O) groups is 2. The fourth-order valence-electron chi connectivity index (χ4n) is 1.89. The molecular formula is C18H18ClNO3S. The molecule has 2 aromatic rings. The molecule has 0 radical (unpaired) electrons. The van der Waals surface area contributed by atoms with Crippen LogP contribution < -0.4 is 5.32 Å². The molecule has 126 valence electrons. The van der Waals surface area contributed by atoms with E-state index in [4.69, 9.17) is 16.3 Å². The van der Waals surface area contributed by atoms with Crippen molar-refractivity contribution in [2.75, 3.05) is 11.1 Å². The lowest BCUT2D eigenvalue weighted by atomic mass is 10.3. The first-order valence-electron chi connectivity index (χ1n) is 7.48. The summed E-state index contributed by atoms with van der Waals surface area (Å²) >= 11 is 7.43. The van der Waals surface area contributed by atoms with Crippen molar-refractivity contribution in [3.05, 3.63) is 59.6 Å². The Morgan fingerprint density at radius 3 is 2.62 bits per heavy atom. The van der Waals surface area contributed by atoms with Crippen molar-refractivity contribution in [1.29, 1.82) is 0 Å². The summed E-state index contributed by atoms with van der Waals surface area (Å²) in [5, 5.41) is 3.19. The van der Waals surface area contributed by atoms with Gasteiger partial charge in [0.2, 0.25) is 0 Å². The van der Waals surface area contributed by atoms with Crippen molar-refractivity contribution >= 4 is 40.9 Å². The minimum Gasteiger partial charge on any atom is -0.453 e. The molecule has 2 aromatic carbocycles. The maximum atomic E-state index is 12.0. The van der Waals surface area contributed by atoms with Gasteiger partial charge in [-0.2, -0.15) is 0 Å². The van der Waals surface area contributed by atoms with Gasteiger partial charge < -0.3 is 10.1 Å². The molecule has 6 heteroatoms. The van der Waals surface area contributed by atoms with Gasteiger partial charge in [-0.15, -0.1) is 11.8 Å². The van der Waals surface area contributed by atoms with Gasteiger partial charge in [0.15, 0.2) is 6.10 Å². The van der Waals surface area contributed by atoms with Crippen LogP contribution in [0.4, 0.5) is 5.69 Å². The smallest absolute Gasteiger partial charge is 0.307 e. The van der Waals surface area contributed by atoms with E-state index in [0.29, 0.717) is 16.5 Å². The summed E-state index contributed by atoms with van der Waals surface area (Å²) in [6.45, 7) is 1.54. The number of halogens is 1. The van der Waals surface area contributed by atoms with Crippen molar-refractivity contribution in [2.45, 2.75) is 24.3 Å². The first-order valence-corrected chi connectivity index (χ1v) is 8.85. The lowest BCUT2D eigenvalue weighted by Crippen LogP contribution is -2.30. The molecule has 0 unspecified atom stereocenters. The molecule has 0 aliphatic rings. The minimum atomic E-state index is -0.863. The molecule has 0 aliphatic heterocycles. The number of thioether (sulfide) groups is 1. The van der Waals surface area contributed by atoms with E-state index >= 15 is 0 Å². The molecule has 1 amide bonds. The van der Waals surface area contributed by atoms with E-state index < -0.39 is 12.1 Å². The van der Waals surface area contributed by atoms with E-state index in [1.165, 1.54) is 0 Å². The summed E-state index contributed by atoms with van der Waals surface area (Å²) in [5.41, 5.74) is 0.565. The Labute approximate surface area is 150 Å². The molecule has 2 rings (SSSR count). The molecule has 1 N–H and O–H groups in total. The number of nitrogens with one attached hydrogen (secondary N) is 1. The molecule has 0 saturated carbocycles. The molecule has 0 aliphatic carbocycles. The number of benzene rings is 2. The molecule has 4 nitrogen and oxygen atoms in total. The maximum Gasteiger partial charge on any atom is 0.307 e. The van der Waals surface area contributed by atoms with Gasteiger partial charge in [-0.1, -0.05) is 35.9 Å². The predicted octanol–water partition coefficient (Wildman–Crippen LogP) is 4.39. The summed E-state index contributed by atoms with van der Waals surface area (Å²) in [4.78, 5) is 24.9. The summed E-state index contributed by atoms with van der Waals surface area (Å²) < 4.78 is 5.16. The Balaban J connectivity index is 1.73. The van der Waals surface area contributed by atoms with Gasteiger partial charge in [0.05, 0.1) is 6.42 Å². The fourth-order valence-corrected chi connectivity index (χ4v) is 2.93. The van der Waals surface area contributed by atoms with Crippen LogP contribution in [0.1, 0.15) is 13.3 Å². The molecule has 1 atom stereocenters. The van der Waals surface area contributed by atoms with Crippen molar-refractivity contribution in [1.82, 2.24) is 0 Å². The van der Waals surface area contributed by atoms with E-state index in [1.54, 1.807) is 43.0 Å². The first kappa shape index (κ1) is 18.4. The Kier molecular flexibility index (Phi) is 7.15. The maximum absolute atomic E-state index is 12.0. The quantitative estimate of drug-likeness (QED) is 0.585. The van der Waals surface area contributed by atoms with Gasteiger partial charge in [0.1, 0.15) is 0 Å². The van der Waals surface area contributed by atoms with Crippen LogP contribution in [0.25, 0.3) is 0 Å². The van der Waals surface area contributed by atoms with Crippen LogP contribution in [0.15, 0.2) is 59.5 Å². The number of hydrogen-bond acceptors (Lipinski definition) is 4. The zero-order valence-electron chi connectivity index (χ0n) is 13.2. The van der Waals surface area contributed by atoms with Crippen LogP contribution in [0, 0.1) is 0 Å². The summed E-state index contributed by atoms with van der Waals surface area (Å²) in [6, 6.07) is 16.6. The van der Waals surface area contributed by atoms with Gasteiger partial charge in [0.25, 0.3) is 5.91 Å². The van der Waals surface area contributed by atoms with Crippen LogP contribution in [0.2, 0.25) is 5.02 Å². The molecule has 0 spiro atoms. The number of amides is 1. The van der Waals surface area contributed by atoms with Crippen LogP contribution in [-0.2, 0) is 14.3 Å². The highest BCUT2D eigenvalue weighted by Gasteiger charge is 2.17. The standard InChI is InChI=1S/C18H18ClNO3S/c1-13(18(22)20-15-7-5-6-14(19)12-15)23-17(21)10-11-24-16-8-3-2-4-9-16/h2-9,12-13H,10-11H2,1H3,(H,20,22)/t13-/m1/s1. The van der Waals surface area contributed by atoms with Crippen LogP contribution in [0.5, 0.6) is 0 Å². The van der Waals surface area contributed by atoms with Gasteiger partial charge in [0, 0.05) is 21.4 Å². The zero-order chi connectivity index (χ0) is 17.4. The zero-order valence-corrected chi connectivity index (χ0v) is 14.8. The average molecular weight is 364 g/mol. The molecule has 0 heterocycles. The number of carbonyl (C=O) groups excluding carboxylic acids is 2. The second kappa shape index (κ2) is 9.35. The minimum absolute atomic E-state index is 0.244. The average Bonchev–Trinajstić information content (AvgIpc) is 2.55. The SMILES string of the molecule is C[C@@H](OC(=O)CCSc1ccccc1)C(=O)Nc1cccc(Cl)c1. The summed E-state index contributed by atoms with van der Waals surface area (Å²) in [6.07, 6.45) is -0.618. The number of anilines is 1. The Morgan fingerprint density at radius 2 is 1.92 bits per heavy atom. The highest BCUT2D eigenvalue weighted by molar-refractivity contribution is 7.99. The predicted molar refractivity (Wildman–Crippen MR) is 97.4 cm³/mol. The van der Waals surface area contributed by atoms with Gasteiger partial charge in [-0.3, -0.25) is 9.59 Å². The van der Waals surface area contributed by atoms with E-state index in [9.17, 15) is 9.59 Å². The summed E-state index contributed by atoms with van der Waals surface area (Å²) in [5.74, 6) is -0.181. The topological polar surface area (TPSA) is 55.4 Å². The molecule has 0 aromatic heterocycles. The molecule has 0 saturated heterocycles. The van der Waals surface area contributed by atoms with Crippen LogP contribution in [0.3, 0.4) is 0 Å². The monoisotopic (exact) mass is 363 g/mol. The number of esters is 1. The number of ether oxygens (including phenoxy) is 1. The molecular weight excluding hydrogens is 346 g/mol. The third-order valence-electron chi connectivity index (χ3n) is 3.09. The van der Waals surface area contributed by atoms with Crippen LogP contribution in [-0.4, -0.2) is 23.7 Å². The first-order chi connectivity index (χ1) is 11.5. The van der Waals surface area contributed by atoms with E-state index in [-0.39, 0.29) is 12.3 Å². The lowest BCUT2D eigenvalue weighted by molar-refractivity contribution is -0.152. The number of hydrogen-bond donors (Lipinski definition) is 1. The van der Waals surface area contributed by atoms with Crippen molar-refractivity contribution < 1.29 is 14.3 Å². The van der Waals surface area contributed by atoms with Crippen molar-refractivity contribution in [3.63, 3.8) is 0 Å². The summed E-state index contributed by atoms with van der Waals surface area (Å²) in [7, 11) is 0. The Bertz CT molecular complexity index is 694. The Hall–Kier alpha value is -1.98. The van der Waals surface area contributed by atoms with E-state index in [0.717, 1.165) is 4.90 Å². The molecule has 0 fully saturated rings. The Morgan fingerprint density at radius 1 is 1.17 bits per heavy atom. The van der Waals surface area contributed by atoms with Crippen LogP contribution >= 0.6 is 23.4 Å². The van der Waals surface area contributed by atoms with Gasteiger partial charge >= 0.3 is 5.97 Å². The molecule has 0 bridgehead atoms. The van der Waals surface area contributed by atoms with E-state index in [1.807, 2.05) is 30.3 Å². The van der Waals surface area contributed by atoms with Gasteiger partial charge in [-0.05, 0) is 37.3 Å². The van der Waals surface area contributed by atoms with E-state index in [2.05, 4.69) is 5.32 Å². The fraction of sp³-hybridized carbons (Fsp3) is 0.222. The normalized spacial score (nSPS) is 11.6.